The molecule has 0 atom stereocenters. The summed E-state index contributed by atoms with van der Waals surface area (Å²) in [4.78, 5) is 10.9. The summed E-state index contributed by atoms with van der Waals surface area (Å²) < 4.78 is 24.2. The van der Waals surface area contributed by atoms with Crippen LogP contribution in [0.5, 0.6) is 0 Å². The molecule has 0 saturated carbocycles. The van der Waals surface area contributed by atoms with Gasteiger partial charge in [0.25, 0.3) is 0 Å². The van der Waals surface area contributed by atoms with Crippen molar-refractivity contribution in [3.05, 3.63) is 35.4 Å². The predicted octanol–water partition coefficient (Wildman–Crippen LogP) is 3.33. The maximum absolute atomic E-state index is 12.1. The number of halogens is 2. The van der Waals surface area contributed by atoms with Crippen LogP contribution in [-0.2, 0) is 6.42 Å². The lowest BCUT2D eigenvalue weighted by Gasteiger charge is -2.05. The molecule has 0 amide bonds. The van der Waals surface area contributed by atoms with E-state index in [0.29, 0.717) is 5.92 Å². The molecular weight excluding hydrogens is 198 g/mol. The third-order valence-electron chi connectivity index (χ3n) is 2.08. The third-order valence-corrected chi connectivity index (χ3v) is 2.08. The second-order valence-electron chi connectivity index (χ2n) is 3.96. The topological polar surface area (TPSA) is 17.1 Å². The fourth-order valence-corrected chi connectivity index (χ4v) is 1.40. The van der Waals surface area contributed by atoms with Gasteiger partial charge in [-0.1, -0.05) is 38.1 Å². The zero-order chi connectivity index (χ0) is 11.4. The predicted molar refractivity (Wildman–Crippen MR) is 55.3 cm³/mol. The summed E-state index contributed by atoms with van der Waals surface area (Å²) in [7, 11) is 0. The Labute approximate surface area is 88.1 Å². The van der Waals surface area contributed by atoms with Crippen molar-refractivity contribution in [3.63, 3.8) is 0 Å². The largest absolute Gasteiger partial charge is 0.300 e. The number of hydrogen-bond donors (Lipinski definition) is 0. The van der Waals surface area contributed by atoms with Gasteiger partial charge in [0, 0.05) is 5.56 Å². The van der Waals surface area contributed by atoms with E-state index in [4.69, 9.17) is 0 Å². The molecule has 82 valence electrons. The van der Waals surface area contributed by atoms with E-state index in [9.17, 15) is 13.6 Å². The highest BCUT2D eigenvalue weighted by atomic mass is 19.3. The van der Waals surface area contributed by atoms with E-state index in [1.54, 1.807) is 12.1 Å². The van der Waals surface area contributed by atoms with Crippen LogP contribution in [0.3, 0.4) is 0 Å². The van der Waals surface area contributed by atoms with Gasteiger partial charge in [0.15, 0.2) is 0 Å². The molecule has 1 nitrogen and oxygen atoms in total. The first-order valence-electron chi connectivity index (χ1n) is 4.92. The van der Waals surface area contributed by atoms with Crippen LogP contribution in [0.15, 0.2) is 24.3 Å². The van der Waals surface area contributed by atoms with E-state index in [1.165, 1.54) is 12.1 Å². The van der Waals surface area contributed by atoms with Crippen molar-refractivity contribution in [2.45, 2.75) is 26.7 Å². The second-order valence-corrected chi connectivity index (χ2v) is 3.96. The molecule has 0 N–H and O–H groups in total. The molecule has 0 saturated heterocycles. The quantitative estimate of drug-likeness (QED) is 0.699. The van der Waals surface area contributed by atoms with E-state index in [0.717, 1.165) is 12.0 Å². The van der Waals surface area contributed by atoms with Gasteiger partial charge < -0.3 is 0 Å². The summed E-state index contributed by atoms with van der Waals surface area (Å²) in [5.74, 6) is -0.590. The number of benzene rings is 1. The molecule has 0 spiro atoms. The van der Waals surface area contributed by atoms with E-state index >= 15 is 0 Å². The van der Waals surface area contributed by atoms with Gasteiger partial charge in [-0.2, -0.15) is 0 Å². The van der Waals surface area contributed by atoms with Crippen LogP contribution >= 0.6 is 0 Å². The summed E-state index contributed by atoms with van der Waals surface area (Å²) in [5, 5.41) is 0. The Morgan fingerprint density at radius 2 is 1.73 bits per heavy atom. The Bertz CT molecular complexity index is 328. The third kappa shape index (κ3) is 3.42. The summed E-state index contributed by atoms with van der Waals surface area (Å²) in [6.07, 6.45) is -2.02. The van der Waals surface area contributed by atoms with E-state index in [2.05, 4.69) is 13.8 Å². The number of ketones is 1. The lowest BCUT2D eigenvalue weighted by Crippen LogP contribution is -2.10. The SMILES string of the molecule is CC(C)Cc1ccc(C(=O)C(F)F)cc1. The molecule has 0 aromatic heterocycles. The van der Waals surface area contributed by atoms with Crippen molar-refractivity contribution in [1.82, 2.24) is 0 Å². The number of Topliss-reactive ketones (excluding diaryl/α,β-unsaturated/α-hetero) is 1. The fraction of sp³-hybridized carbons (Fsp3) is 0.417. The molecule has 0 bridgehead atoms. The van der Waals surface area contributed by atoms with Crippen molar-refractivity contribution < 1.29 is 13.6 Å². The van der Waals surface area contributed by atoms with Crippen molar-refractivity contribution in [1.29, 1.82) is 0 Å². The maximum atomic E-state index is 12.1. The molecule has 1 rings (SSSR count). The van der Waals surface area contributed by atoms with Crippen LogP contribution in [0.25, 0.3) is 0 Å². The van der Waals surface area contributed by atoms with Crippen LogP contribution in [0.1, 0.15) is 29.8 Å². The van der Waals surface area contributed by atoms with E-state index < -0.39 is 12.2 Å². The number of hydrogen-bond acceptors (Lipinski definition) is 1. The first-order valence-corrected chi connectivity index (χ1v) is 4.92. The summed E-state index contributed by atoms with van der Waals surface area (Å²) in [6.45, 7) is 4.16. The maximum Gasteiger partial charge on any atom is 0.300 e. The molecule has 0 heterocycles. The highest BCUT2D eigenvalue weighted by Gasteiger charge is 2.17. The van der Waals surface area contributed by atoms with Crippen LogP contribution in [0.2, 0.25) is 0 Å². The lowest BCUT2D eigenvalue weighted by atomic mass is 10.0. The number of alkyl halides is 2. The van der Waals surface area contributed by atoms with Crippen LogP contribution in [0, 0.1) is 5.92 Å². The molecule has 1 aromatic carbocycles. The van der Waals surface area contributed by atoms with Crippen molar-refractivity contribution in [2.75, 3.05) is 0 Å². The first kappa shape index (κ1) is 11.8. The Morgan fingerprint density at radius 3 is 2.13 bits per heavy atom. The molecule has 0 aliphatic carbocycles. The molecule has 0 unspecified atom stereocenters. The van der Waals surface area contributed by atoms with Crippen molar-refractivity contribution in [3.8, 4) is 0 Å². The number of rotatable bonds is 4. The second kappa shape index (κ2) is 5.01. The zero-order valence-corrected chi connectivity index (χ0v) is 8.84. The monoisotopic (exact) mass is 212 g/mol. The smallest absolute Gasteiger partial charge is 0.288 e. The average Bonchev–Trinajstić information content (AvgIpc) is 2.17. The molecular formula is C12H14F2O. The number of carbonyl (C=O) groups is 1. The highest BCUT2D eigenvalue weighted by Crippen LogP contribution is 2.12. The minimum atomic E-state index is -2.92. The standard InChI is InChI=1S/C12H14F2O/c1-8(2)7-9-3-5-10(6-4-9)11(15)12(13)14/h3-6,8,12H,7H2,1-2H3. The van der Waals surface area contributed by atoms with E-state index in [-0.39, 0.29) is 5.56 Å². The Balaban J connectivity index is 2.76. The summed E-state index contributed by atoms with van der Waals surface area (Å²) >= 11 is 0. The van der Waals surface area contributed by atoms with Gasteiger partial charge >= 0.3 is 6.43 Å². The van der Waals surface area contributed by atoms with Gasteiger partial charge in [-0.3, -0.25) is 4.79 Å². The Hall–Kier alpha value is -1.25. The van der Waals surface area contributed by atoms with Gasteiger partial charge in [-0.15, -0.1) is 0 Å². The molecule has 1 aromatic rings. The Kier molecular flexibility index (Phi) is 3.95. The minimum absolute atomic E-state index is 0.0810. The first-order chi connectivity index (χ1) is 7.00. The summed E-state index contributed by atoms with van der Waals surface area (Å²) in [5.41, 5.74) is 1.15. The van der Waals surface area contributed by atoms with E-state index in [1.807, 2.05) is 0 Å². The number of carbonyl (C=O) groups excluding carboxylic acids is 1. The van der Waals surface area contributed by atoms with Gasteiger partial charge in [0.1, 0.15) is 0 Å². The van der Waals surface area contributed by atoms with Gasteiger partial charge in [0.05, 0.1) is 0 Å². The molecule has 0 aliphatic rings. The molecule has 3 heteroatoms. The highest BCUT2D eigenvalue weighted by molar-refractivity contribution is 5.98. The fourth-order valence-electron chi connectivity index (χ4n) is 1.40. The average molecular weight is 212 g/mol. The van der Waals surface area contributed by atoms with Crippen LogP contribution in [-0.4, -0.2) is 12.2 Å². The van der Waals surface area contributed by atoms with Crippen molar-refractivity contribution in [2.24, 2.45) is 5.92 Å². The molecule has 0 fully saturated rings. The molecule has 0 radical (unpaired) electrons. The Morgan fingerprint density at radius 1 is 1.20 bits per heavy atom. The molecule has 15 heavy (non-hydrogen) atoms. The van der Waals surface area contributed by atoms with Crippen molar-refractivity contribution >= 4 is 5.78 Å². The van der Waals surface area contributed by atoms with Gasteiger partial charge in [-0.25, -0.2) is 8.78 Å². The normalized spacial score (nSPS) is 11.1. The summed E-state index contributed by atoms with van der Waals surface area (Å²) in [6, 6.07) is 6.39. The molecule has 0 aliphatic heterocycles. The minimum Gasteiger partial charge on any atom is -0.288 e. The van der Waals surface area contributed by atoms with Gasteiger partial charge in [-0.05, 0) is 17.9 Å². The van der Waals surface area contributed by atoms with Gasteiger partial charge in [0.2, 0.25) is 5.78 Å². The lowest BCUT2D eigenvalue weighted by molar-refractivity contribution is 0.0679. The van der Waals surface area contributed by atoms with Crippen LogP contribution in [0.4, 0.5) is 8.78 Å². The zero-order valence-electron chi connectivity index (χ0n) is 8.84. The van der Waals surface area contributed by atoms with Crippen LogP contribution < -0.4 is 0 Å².